The number of rotatable bonds is 3. The highest BCUT2D eigenvalue weighted by Crippen LogP contribution is 2.23. The second-order valence-electron chi connectivity index (χ2n) is 5.98. The van der Waals surface area contributed by atoms with Gasteiger partial charge in [0.2, 0.25) is 10.1 Å². The minimum atomic E-state index is 0.365. The van der Waals surface area contributed by atoms with E-state index in [-0.39, 0.29) is 0 Å². The van der Waals surface area contributed by atoms with Gasteiger partial charge in [-0.3, -0.25) is 0 Å². The van der Waals surface area contributed by atoms with Crippen molar-refractivity contribution < 1.29 is 0 Å². The fourth-order valence-electron chi connectivity index (χ4n) is 2.91. The lowest BCUT2D eigenvalue weighted by Gasteiger charge is -2.33. The van der Waals surface area contributed by atoms with Crippen molar-refractivity contribution in [1.82, 2.24) is 24.8 Å². The highest BCUT2D eigenvalue weighted by molar-refractivity contribution is 7.20. The van der Waals surface area contributed by atoms with Crippen LogP contribution in [0.3, 0.4) is 0 Å². The molecule has 1 N–H and O–H groups in total. The summed E-state index contributed by atoms with van der Waals surface area (Å²) in [6.45, 7) is 5.88. The average Bonchev–Trinajstić information content (AvgIpc) is 3.05. The summed E-state index contributed by atoms with van der Waals surface area (Å²) >= 11 is 1.59. The fourth-order valence-corrected chi connectivity index (χ4v) is 3.81. The fraction of sp³-hybridized carbons (Fsp3) is 0.467. The first-order valence-electron chi connectivity index (χ1n) is 7.82. The molecule has 7 nitrogen and oxygen atoms in total. The third kappa shape index (κ3) is 2.98. The Bertz CT molecular complexity index is 775. The van der Waals surface area contributed by atoms with Gasteiger partial charge in [0, 0.05) is 19.1 Å². The monoisotopic (exact) mass is 329 g/mol. The van der Waals surface area contributed by atoms with Crippen LogP contribution in [0.4, 0.5) is 10.9 Å². The molecule has 1 saturated heterocycles. The minimum Gasteiger partial charge on any atom is -0.356 e. The summed E-state index contributed by atoms with van der Waals surface area (Å²) in [5, 5.41) is 17.5. The van der Waals surface area contributed by atoms with Crippen LogP contribution in [0.15, 0.2) is 18.3 Å². The topological polar surface area (TPSA) is 71.2 Å². The smallest absolute Gasteiger partial charge is 0.214 e. The maximum atomic E-state index is 4.55. The van der Waals surface area contributed by atoms with Gasteiger partial charge < -0.3 is 10.2 Å². The first-order chi connectivity index (χ1) is 11.2. The van der Waals surface area contributed by atoms with Crippen molar-refractivity contribution in [1.29, 1.82) is 0 Å². The molecule has 0 bridgehead atoms. The number of hydrogen-bond acceptors (Lipinski definition) is 7. The maximum absolute atomic E-state index is 4.55. The molecule has 0 saturated carbocycles. The summed E-state index contributed by atoms with van der Waals surface area (Å²) in [6, 6.07) is 4.42. The van der Waals surface area contributed by atoms with Gasteiger partial charge >= 0.3 is 0 Å². The number of aryl methyl sites for hydroxylation is 2. The van der Waals surface area contributed by atoms with Crippen molar-refractivity contribution >= 4 is 27.2 Å². The number of aromatic nitrogens is 5. The normalized spacial score (nSPS) is 18.5. The van der Waals surface area contributed by atoms with E-state index in [1.165, 1.54) is 0 Å². The minimum absolute atomic E-state index is 0.365. The lowest BCUT2D eigenvalue weighted by Crippen LogP contribution is -2.42. The van der Waals surface area contributed by atoms with Gasteiger partial charge in [-0.2, -0.15) is 5.10 Å². The van der Waals surface area contributed by atoms with Gasteiger partial charge in [0.05, 0.1) is 17.6 Å². The Morgan fingerprint density at radius 3 is 2.91 bits per heavy atom. The highest BCUT2D eigenvalue weighted by atomic mass is 32.1. The van der Waals surface area contributed by atoms with E-state index in [0.717, 1.165) is 53.2 Å². The van der Waals surface area contributed by atoms with Gasteiger partial charge in [0.15, 0.2) is 5.82 Å². The van der Waals surface area contributed by atoms with Gasteiger partial charge in [-0.1, -0.05) is 11.3 Å². The van der Waals surface area contributed by atoms with Gasteiger partial charge in [-0.05, 0) is 38.8 Å². The van der Waals surface area contributed by atoms with Crippen LogP contribution in [0.25, 0.3) is 4.96 Å². The summed E-state index contributed by atoms with van der Waals surface area (Å²) in [5.41, 5.74) is 1.94. The number of imidazole rings is 1. The van der Waals surface area contributed by atoms with Crippen molar-refractivity contribution in [2.45, 2.75) is 32.7 Å². The SMILES string of the molecule is Cc1ccc(N2CCCC(Nc3nn4cc(C)nc4s3)C2)nn1. The van der Waals surface area contributed by atoms with Crippen molar-refractivity contribution in [3.8, 4) is 0 Å². The summed E-state index contributed by atoms with van der Waals surface area (Å²) in [5.74, 6) is 0.951. The largest absolute Gasteiger partial charge is 0.356 e. The van der Waals surface area contributed by atoms with Crippen LogP contribution in [0.1, 0.15) is 24.2 Å². The molecule has 3 aromatic heterocycles. The Morgan fingerprint density at radius 2 is 2.13 bits per heavy atom. The Kier molecular flexibility index (Phi) is 3.60. The molecule has 1 unspecified atom stereocenters. The third-order valence-electron chi connectivity index (χ3n) is 4.02. The summed E-state index contributed by atoms with van der Waals surface area (Å²) < 4.78 is 1.84. The molecule has 0 aliphatic carbocycles. The van der Waals surface area contributed by atoms with E-state index < -0.39 is 0 Å². The molecule has 0 amide bonds. The second kappa shape index (κ2) is 5.77. The number of piperidine rings is 1. The van der Waals surface area contributed by atoms with Crippen LogP contribution in [-0.4, -0.2) is 43.9 Å². The lowest BCUT2D eigenvalue weighted by atomic mass is 10.1. The van der Waals surface area contributed by atoms with Gasteiger partial charge in [0.1, 0.15) is 0 Å². The van der Waals surface area contributed by atoms with Gasteiger partial charge in [0.25, 0.3) is 0 Å². The van der Waals surface area contributed by atoms with E-state index in [2.05, 4.69) is 30.5 Å². The molecule has 3 aromatic rings. The Hall–Kier alpha value is -2.22. The zero-order valence-corrected chi connectivity index (χ0v) is 14.0. The number of nitrogens with one attached hydrogen (secondary N) is 1. The van der Waals surface area contributed by atoms with Gasteiger partial charge in [-0.15, -0.1) is 10.2 Å². The summed E-state index contributed by atoms with van der Waals surface area (Å²) in [4.78, 5) is 7.67. The molecule has 0 radical (unpaired) electrons. The molecule has 0 aromatic carbocycles. The first-order valence-corrected chi connectivity index (χ1v) is 8.64. The molecule has 4 heterocycles. The Morgan fingerprint density at radius 1 is 1.22 bits per heavy atom. The molecule has 1 aliphatic heterocycles. The van der Waals surface area contributed by atoms with Crippen molar-refractivity contribution in [3.63, 3.8) is 0 Å². The van der Waals surface area contributed by atoms with Crippen molar-refractivity contribution in [3.05, 3.63) is 29.7 Å². The van der Waals surface area contributed by atoms with E-state index >= 15 is 0 Å². The number of hydrogen-bond donors (Lipinski definition) is 1. The predicted molar refractivity (Wildman–Crippen MR) is 91.2 cm³/mol. The molecule has 0 spiro atoms. The molecular weight excluding hydrogens is 310 g/mol. The zero-order valence-electron chi connectivity index (χ0n) is 13.2. The van der Waals surface area contributed by atoms with Crippen LogP contribution in [-0.2, 0) is 0 Å². The molecule has 1 aliphatic rings. The van der Waals surface area contributed by atoms with Crippen molar-refractivity contribution in [2.75, 3.05) is 23.3 Å². The molecule has 1 atom stereocenters. The van der Waals surface area contributed by atoms with Crippen LogP contribution in [0, 0.1) is 13.8 Å². The Labute approximate surface area is 138 Å². The quantitative estimate of drug-likeness (QED) is 0.795. The number of nitrogens with zero attached hydrogens (tertiary/aromatic N) is 6. The maximum Gasteiger partial charge on any atom is 0.214 e. The Balaban J connectivity index is 1.46. The van der Waals surface area contributed by atoms with E-state index in [4.69, 9.17) is 0 Å². The van der Waals surface area contributed by atoms with E-state index in [1.54, 1.807) is 11.3 Å². The molecule has 8 heteroatoms. The molecule has 120 valence electrons. The summed E-state index contributed by atoms with van der Waals surface area (Å²) in [7, 11) is 0. The standard InChI is InChI=1S/C15H19N7S/c1-10-5-6-13(19-18-10)21-7-3-4-12(9-21)17-14-20-22-8-11(2)16-15(22)23-14/h5-6,8,12H,3-4,7,9H2,1-2H3,(H,17,20). The molecule has 23 heavy (non-hydrogen) atoms. The van der Waals surface area contributed by atoms with Crippen LogP contribution < -0.4 is 10.2 Å². The highest BCUT2D eigenvalue weighted by Gasteiger charge is 2.22. The third-order valence-corrected chi connectivity index (χ3v) is 4.87. The van der Waals surface area contributed by atoms with E-state index in [1.807, 2.05) is 36.7 Å². The van der Waals surface area contributed by atoms with Gasteiger partial charge in [-0.25, -0.2) is 9.50 Å². The van der Waals surface area contributed by atoms with Crippen LogP contribution in [0.5, 0.6) is 0 Å². The molecule has 4 rings (SSSR count). The number of anilines is 2. The molecular formula is C15H19N7S. The van der Waals surface area contributed by atoms with E-state index in [0.29, 0.717) is 6.04 Å². The van der Waals surface area contributed by atoms with E-state index in [9.17, 15) is 0 Å². The zero-order chi connectivity index (χ0) is 15.8. The first kappa shape index (κ1) is 14.4. The number of fused-ring (bicyclic) bond motifs is 1. The second-order valence-corrected chi connectivity index (χ2v) is 6.94. The van der Waals surface area contributed by atoms with Crippen molar-refractivity contribution in [2.24, 2.45) is 0 Å². The van der Waals surface area contributed by atoms with Crippen LogP contribution in [0.2, 0.25) is 0 Å². The van der Waals surface area contributed by atoms with Crippen LogP contribution >= 0.6 is 11.3 Å². The average molecular weight is 329 g/mol. The predicted octanol–water partition coefficient (Wildman–Crippen LogP) is 2.28. The summed E-state index contributed by atoms with van der Waals surface area (Å²) in [6.07, 6.45) is 4.22. The molecule has 1 fully saturated rings. The lowest BCUT2D eigenvalue weighted by molar-refractivity contribution is 0.524.